The monoisotopic (exact) mass is 413 g/mol. The second-order valence-electron chi connectivity index (χ2n) is 6.78. The fraction of sp³-hybridized carbons (Fsp3) is 0.333. The van der Waals surface area contributed by atoms with E-state index in [0.717, 1.165) is 5.56 Å². The molecule has 1 fully saturated rings. The highest BCUT2D eigenvalue weighted by atomic mass is 32.1. The standard InChI is InChI=1S/C21H23N3O4S/c25-18-9-10-19(26)24(18)12-5-11-22-20(27)16(14-15-6-2-1-3-7-15)23-21(28)17-8-4-13-29-17/h1-4,6-8,13,16H,5,9-12,14H2,(H,22,27)(H,23,28). The zero-order valence-corrected chi connectivity index (χ0v) is 16.7. The first-order valence-corrected chi connectivity index (χ1v) is 10.4. The first-order chi connectivity index (χ1) is 14.0. The highest BCUT2D eigenvalue weighted by Gasteiger charge is 2.28. The number of carbonyl (C=O) groups is 4. The Morgan fingerprint density at radius 2 is 1.76 bits per heavy atom. The molecule has 8 heteroatoms. The number of imide groups is 1. The summed E-state index contributed by atoms with van der Waals surface area (Å²) in [6.07, 6.45) is 1.37. The number of carbonyl (C=O) groups excluding carboxylic acids is 4. The number of thiophene rings is 1. The molecule has 1 saturated heterocycles. The lowest BCUT2D eigenvalue weighted by molar-refractivity contribution is -0.138. The molecule has 152 valence electrons. The van der Waals surface area contributed by atoms with E-state index in [1.807, 2.05) is 35.7 Å². The second-order valence-corrected chi connectivity index (χ2v) is 7.72. The van der Waals surface area contributed by atoms with Gasteiger partial charge in [0.15, 0.2) is 0 Å². The summed E-state index contributed by atoms with van der Waals surface area (Å²) in [7, 11) is 0. The average molecular weight is 413 g/mol. The molecule has 0 aliphatic carbocycles. The van der Waals surface area contributed by atoms with Gasteiger partial charge >= 0.3 is 0 Å². The molecule has 29 heavy (non-hydrogen) atoms. The maximum atomic E-state index is 12.7. The summed E-state index contributed by atoms with van der Waals surface area (Å²) in [6, 6.07) is 12.2. The zero-order chi connectivity index (χ0) is 20.6. The lowest BCUT2D eigenvalue weighted by Crippen LogP contribution is -2.48. The van der Waals surface area contributed by atoms with Gasteiger partial charge in [-0.25, -0.2) is 0 Å². The number of likely N-dealkylation sites (tertiary alicyclic amines) is 1. The second kappa shape index (κ2) is 9.97. The Balaban J connectivity index is 1.55. The molecule has 1 aliphatic heterocycles. The molecule has 4 amide bonds. The maximum absolute atomic E-state index is 12.7. The van der Waals surface area contributed by atoms with Crippen molar-refractivity contribution in [3.8, 4) is 0 Å². The van der Waals surface area contributed by atoms with Crippen molar-refractivity contribution in [3.05, 3.63) is 58.3 Å². The van der Waals surface area contributed by atoms with Crippen LogP contribution in [0.25, 0.3) is 0 Å². The van der Waals surface area contributed by atoms with Gasteiger partial charge in [-0.1, -0.05) is 36.4 Å². The van der Waals surface area contributed by atoms with Crippen LogP contribution in [0.5, 0.6) is 0 Å². The van der Waals surface area contributed by atoms with Crippen LogP contribution >= 0.6 is 11.3 Å². The fourth-order valence-corrected chi connectivity index (χ4v) is 3.77. The zero-order valence-electron chi connectivity index (χ0n) is 15.9. The van der Waals surface area contributed by atoms with Crippen molar-refractivity contribution in [2.75, 3.05) is 13.1 Å². The van der Waals surface area contributed by atoms with E-state index in [0.29, 0.717) is 30.8 Å². The molecule has 3 rings (SSSR count). The summed E-state index contributed by atoms with van der Waals surface area (Å²) in [6.45, 7) is 0.610. The van der Waals surface area contributed by atoms with Crippen molar-refractivity contribution in [1.29, 1.82) is 0 Å². The predicted molar refractivity (Wildman–Crippen MR) is 109 cm³/mol. The van der Waals surface area contributed by atoms with Crippen molar-refractivity contribution in [3.63, 3.8) is 0 Å². The molecule has 1 unspecified atom stereocenters. The van der Waals surface area contributed by atoms with Gasteiger partial charge in [0.2, 0.25) is 17.7 Å². The number of nitrogens with zero attached hydrogens (tertiary/aromatic N) is 1. The van der Waals surface area contributed by atoms with E-state index in [1.54, 1.807) is 12.1 Å². The van der Waals surface area contributed by atoms with Gasteiger partial charge in [0.25, 0.3) is 5.91 Å². The molecule has 1 atom stereocenters. The van der Waals surface area contributed by atoms with Crippen LogP contribution in [0, 0.1) is 0 Å². The molecule has 2 N–H and O–H groups in total. The van der Waals surface area contributed by atoms with Crippen LogP contribution in [-0.2, 0) is 20.8 Å². The van der Waals surface area contributed by atoms with E-state index >= 15 is 0 Å². The number of nitrogens with one attached hydrogen (secondary N) is 2. The smallest absolute Gasteiger partial charge is 0.262 e. The molecular formula is C21H23N3O4S. The van der Waals surface area contributed by atoms with Gasteiger partial charge in [-0.15, -0.1) is 11.3 Å². The minimum Gasteiger partial charge on any atom is -0.354 e. The van der Waals surface area contributed by atoms with E-state index in [9.17, 15) is 19.2 Å². The Morgan fingerprint density at radius 3 is 2.41 bits per heavy atom. The largest absolute Gasteiger partial charge is 0.354 e. The average Bonchev–Trinajstić information content (AvgIpc) is 3.36. The van der Waals surface area contributed by atoms with Gasteiger partial charge in [-0.3, -0.25) is 24.1 Å². The van der Waals surface area contributed by atoms with Gasteiger partial charge in [0.1, 0.15) is 6.04 Å². The summed E-state index contributed by atoms with van der Waals surface area (Å²) in [5.74, 6) is -0.903. The molecule has 0 bridgehead atoms. The first kappa shape index (κ1) is 20.7. The van der Waals surface area contributed by atoms with Gasteiger partial charge in [-0.05, 0) is 23.4 Å². The van der Waals surface area contributed by atoms with Crippen LogP contribution in [0.2, 0.25) is 0 Å². The Kier molecular flexibility index (Phi) is 7.13. The molecule has 0 spiro atoms. The third kappa shape index (κ3) is 5.74. The Morgan fingerprint density at radius 1 is 1.03 bits per heavy atom. The minimum absolute atomic E-state index is 0.161. The molecule has 7 nitrogen and oxygen atoms in total. The van der Waals surface area contributed by atoms with Gasteiger partial charge in [0, 0.05) is 32.4 Å². The van der Waals surface area contributed by atoms with E-state index in [-0.39, 0.29) is 36.5 Å². The molecular weight excluding hydrogens is 390 g/mol. The third-order valence-corrected chi connectivity index (χ3v) is 5.53. The highest BCUT2D eigenvalue weighted by molar-refractivity contribution is 7.12. The summed E-state index contributed by atoms with van der Waals surface area (Å²) in [5.41, 5.74) is 0.937. The number of hydrogen-bond acceptors (Lipinski definition) is 5. The van der Waals surface area contributed by atoms with Crippen LogP contribution in [-0.4, -0.2) is 47.7 Å². The van der Waals surface area contributed by atoms with E-state index in [1.165, 1.54) is 16.2 Å². The van der Waals surface area contributed by atoms with Gasteiger partial charge < -0.3 is 10.6 Å². The Bertz CT molecular complexity index is 851. The van der Waals surface area contributed by atoms with Crippen molar-refractivity contribution in [2.24, 2.45) is 0 Å². The fourth-order valence-electron chi connectivity index (χ4n) is 3.14. The molecule has 1 aromatic heterocycles. The molecule has 2 aromatic rings. The normalized spacial score (nSPS) is 14.7. The molecule has 0 radical (unpaired) electrons. The van der Waals surface area contributed by atoms with Gasteiger partial charge in [0.05, 0.1) is 4.88 Å². The minimum atomic E-state index is -0.720. The van der Waals surface area contributed by atoms with Crippen LogP contribution in [0.4, 0.5) is 0 Å². The summed E-state index contributed by atoms with van der Waals surface area (Å²) in [5, 5.41) is 7.42. The Labute approximate surface area is 173 Å². The summed E-state index contributed by atoms with van der Waals surface area (Å²) >= 11 is 1.31. The van der Waals surface area contributed by atoms with Crippen LogP contribution in [0.3, 0.4) is 0 Å². The molecule has 0 saturated carbocycles. The van der Waals surface area contributed by atoms with Gasteiger partial charge in [-0.2, -0.15) is 0 Å². The molecule has 1 aromatic carbocycles. The third-order valence-electron chi connectivity index (χ3n) is 4.66. The molecule has 2 heterocycles. The van der Waals surface area contributed by atoms with E-state index in [4.69, 9.17) is 0 Å². The Hall–Kier alpha value is -3.00. The van der Waals surface area contributed by atoms with E-state index in [2.05, 4.69) is 10.6 Å². The topological polar surface area (TPSA) is 95.6 Å². The summed E-state index contributed by atoms with van der Waals surface area (Å²) < 4.78 is 0. The highest BCUT2D eigenvalue weighted by Crippen LogP contribution is 2.12. The van der Waals surface area contributed by atoms with Crippen molar-refractivity contribution in [1.82, 2.24) is 15.5 Å². The van der Waals surface area contributed by atoms with Crippen molar-refractivity contribution < 1.29 is 19.2 Å². The van der Waals surface area contributed by atoms with Crippen LogP contribution in [0.1, 0.15) is 34.5 Å². The number of hydrogen-bond donors (Lipinski definition) is 2. The number of amides is 4. The lowest BCUT2D eigenvalue weighted by Gasteiger charge is -2.19. The first-order valence-electron chi connectivity index (χ1n) is 9.54. The lowest BCUT2D eigenvalue weighted by atomic mass is 10.1. The van der Waals surface area contributed by atoms with Crippen molar-refractivity contribution >= 4 is 35.0 Å². The number of rotatable bonds is 9. The maximum Gasteiger partial charge on any atom is 0.262 e. The van der Waals surface area contributed by atoms with Crippen LogP contribution in [0.15, 0.2) is 47.8 Å². The quantitative estimate of drug-likeness (QED) is 0.484. The SMILES string of the molecule is O=C(NC(Cc1ccccc1)C(=O)NCCCN1C(=O)CCC1=O)c1cccs1. The van der Waals surface area contributed by atoms with Crippen molar-refractivity contribution in [2.45, 2.75) is 31.7 Å². The summed E-state index contributed by atoms with van der Waals surface area (Å²) in [4.78, 5) is 50.2. The van der Waals surface area contributed by atoms with Crippen LogP contribution < -0.4 is 10.6 Å². The van der Waals surface area contributed by atoms with E-state index < -0.39 is 6.04 Å². The number of benzene rings is 1. The predicted octanol–water partition coefficient (Wildman–Crippen LogP) is 1.74. The molecule has 1 aliphatic rings.